The van der Waals surface area contributed by atoms with Gasteiger partial charge in [0.1, 0.15) is 0 Å². The molecule has 1 saturated heterocycles. The summed E-state index contributed by atoms with van der Waals surface area (Å²) in [6.45, 7) is 3.52. The van der Waals surface area contributed by atoms with Crippen LogP contribution in [0.25, 0.3) is 22.8 Å². The molecule has 0 atom stereocenters. The standard InChI is InChI=1S/C18H18N4OS/c1-12-7-8-14(9-16(12)24-22-10-15(23)11-22)18-19-17(20-21-18)13-5-3-2-4-6-13/h2-9,15,23H,10-11H2,1H3,(H,19,20,21). The Hall–Kier alpha value is -2.15. The molecule has 0 aliphatic carbocycles. The number of aromatic amines is 1. The molecule has 3 aromatic rings. The number of β-amino-alcohol motifs (C(OH)–C–C–N with tert-alkyl or cyclic N) is 1. The fraction of sp³-hybridized carbons (Fsp3) is 0.222. The lowest BCUT2D eigenvalue weighted by molar-refractivity contribution is 0.0616. The van der Waals surface area contributed by atoms with E-state index in [-0.39, 0.29) is 6.10 Å². The average molecular weight is 338 g/mol. The van der Waals surface area contributed by atoms with Crippen molar-refractivity contribution in [1.29, 1.82) is 0 Å². The highest BCUT2D eigenvalue weighted by Crippen LogP contribution is 2.32. The first-order valence-electron chi connectivity index (χ1n) is 7.89. The van der Waals surface area contributed by atoms with E-state index in [1.165, 1.54) is 10.5 Å². The summed E-state index contributed by atoms with van der Waals surface area (Å²) < 4.78 is 2.16. The van der Waals surface area contributed by atoms with Crippen molar-refractivity contribution in [1.82, 2.24) is 19.5 Å². The molecule has 2 N–H and O–H groups in total. The molecule has 0 amide bonds. The van der Waals surface area contributed by atoms with E-state index in [0.29, 0.717) is 18.9 Å². The molecule has 0 unspecified atom stereocenters. The summed E-state index contributed by atoms with van der Waals surface area (Å²) >= 11 is 1.68. The van der Waals surface area contributed by atoms with Crippen molar-refractivity contribution < 1.29 is 5.11 Å². The van der Waals surface area contributed by atoms with Crippen LogP contribution >= 0.6 is 11.9 Å². The molecule has 5 nitrogen and oxygen atoms in total. The topological polar surface area (TPSA) is 65.0 Å². The molecule has 0 radical (unpaired) electrons. The number of aromatic nitrogens is 3. The summed E-state index contributed by atoms with van der Waals surface area (Å²) in [7, 11) is 0. The Labute approximate surface area is 144 Å². The molecule has 24 heavy (non-hydrogen) atoms. The first kappa shape index (κ1) is 15.4. The Morgan fingerprint density at radius 3 is 2.67 bits per heavy atom. The summed E-state index contributed by atoms with van der Waals surface area (Å²) in [5, 5.41) is 16.8. The van der Waals surface area contributed by atoms with Gasteiger partial charge in [-0.25, -0.2) is 9.29 Å². The fourth-order valence-electron chi connectivity index (χ4n) is 2.58. The van der Waals surface area contributed by atoms with Gasteiger partial charge in [0, 0.05) is 29.1 Å². The summed E-state index contributed by atoms with van der Waals surface area (Å²) in [5.74, 6) is 1.46. The Morgan fingerprint density at radius 2 is 1.92 bits per heavy atom. The van der Waals surface area contributed by atoms with Crippen LogP contribution in [0.4, 0.5) is 0 Å². The highest BCUT2D eigenvalue weighted by molar-refractivity contribution is 7.97. The second-order valence-corrected chi connectivity index (χ2v) is 7.08. The van der Waals surface area contributed by atoms with Gasteiger partial charge >= 0.3 is 0 Å². The number of aliphatic hydroxyl groups excluding tert-OH is 1. The maximum absolute atomic E-state index is 9.43. The molecule has 1 aliphatic rings. The largest absolute Gasteiger partial charge is 0.390 e. The summed E-state index contributed by atoms with van der Waals surface area (Å²) in [5.41, 5.74) is 3.22. The third-order valence-electron chi connectivity index (χ3n) is 4.04. The van der Waals surface area contributed by atoms with Gasteiger partial charge in [-0.1, -0.05) is 42.5 Å². The Morgan fingerprint density at radius 1 is 1.12 bits per heavy atom. The van der Waals surface area contributed by atoms with Gasteiger partial charge in [-0.15, -0.1) is 0 Å². The van der Waals surface area contributed by atoms with Gasteiger partial charge in [-0.2, -0.15) is 5.10 Å². The number of rotatable bonds is 4. The molecule has 2 aromatic carbocycles. The number of H-pyrrole nitrogens is 1. The fourth-order valence-corrected chi connectivity index (χ4v) is 3.75. The number of hydrogen-bond acceptors (Lipinski definition) is 5. The smallest absolute Gasteiger partial charge is 0.181 e. The molecule has 0 spiro atoms. The highest BCUT2D eigenvalue weighted by atomic mass is 32.2. The predicted octanol–water partition coefficient (Wildman–Crippen LogP) is 3.13. The van der Waals surface area contributed by atoms with E-state index >= 15 is 0 Å². The minimum absolute atomic E-state index is 0.192. The molecule has 4 rings (SSSR count). The molecule has 1 fully saturated rings. The van der Waals surface area contributed by atoms with Crippen LogP contribution in [0.3, 0.4) is 0 Å². The van der Waals surface area contributed by atoms with Gasteiger partial charge in [0.15, 0.2) is 11.6 Å². The number of nitrogens with one attached hydrogen (secondary N) is 1. The van der Waals surface area contributed by atoms with Crippen LogP contribution in [0.1, 0.15) is 5.56 Å². The maximum Gasteiger partial charge on any atom is 0.181 e. The number of aryl methyl sites for hydroxylation is 1. The molecule has 1 aliphatic heterocycles. The van der Waals surface area contributed by atoms with E-state index in [0.717, 1.165) is 17.0 Å². The average Bonchev–Trinajstić information content (AvgIpc) is 3.06. The SMILES string of the molecule is Cc1ccc(-c2n[nH]c(-c3ccccc3)n2)cc1SN1CC(O)C1. The highest BCUT2D eigenvalue weighted by Gasteiger charge is 2.25. The van der Waals surface area contributed by atoms with Crippen molar-refractivity contribution >= 4 is 11.9 Å². The van der Waals surface area contributed by atoms with Crippen LogP contribution in [-0.4, -0.2) is 43.8 Å². The van der Waals surface area contributed by atoms with Gasteiger partial charge in [0.25, 0.3) is 0 Å². The van der Waals surface area contributed by atoms with Crippen molar-refractivity contribution in [2.75, 3.05) is 13.1 Å². The van der Waals surface area contributed by atoms with Gasteiger partial charge in [-0.05, 0) is 30.5 Å². The molecule has 0 saturated carbocycles. The molecular weight excluding hydrogens is 320 g/mol. The number of hydrogen-bond donors (Lipinski definition) is 2. The molecule has 1 aromatic heterocycles. The van der Waals surface area contributed by atoms with Gasteiger partial charge in [-0.3, -0.25) is 5.10 Å². The third kappa shape index (κ3) is 3.08. The molecule has 122 valence electrons. The predicted molar refractivity (Wildman–Crippen MR) is 95.4 cm³/mol. The normalized spacial score (nSPS) is 15.4. The lowest BCUT2D eigenvalue weighted by atomic mass is 10.1. The number of aliphatic hydroxyl groups is 1. The molecular formula is C18H18N4OS. The molecule has 6 heteroatoms. The monoisotopic (exact) mass is 338 g/mol. The third-order valence-corrected chi connectivity index (χ3v) is 5.23. The minimum Gasteiger partial charge on any atom is -0.390 e. The van der Waals surface area contributed by atoms with Crippen molar-refractivity contribution in [3.8, 4) is 22.8 Å². The van der Waals surface area contributed by atoms with Crippen molar-refractivity contribution in [2.45, 2.75) is 17.9 Å². The van der Waals surface area contributed by atoms with Crippen LogP contribution in [0.2, 0.25) is 0 Å². The van der Waals surface area contributed by atoms with Crippen LogP contribution in [0.15, 0.2) is 53.4 Å². The quantitative estimate of drug-likeness (QED) is 0.716. The van der Waals surface area contributed by atoms with Crippen molar-refractivity contribution in [3.63, 3.8) is 0 Å². The van der Waals surface area contributed by atoms with E-state index in [2.05, 4.69) is 38.5 Å². The first-order chi connectivity index (χ1) is 11.7. The second kappa shape index (κ2) is 6.39. The summed E-state index contributed by atoms with van der Waals surface area (Å²) in [6, 6.07) is 16.2. The van der Waals surface area contributed by atoms with Crippen LogP contribution in [0.5, 0.6) is 0 Å². The van der Waals surface area contributed by atoms with E-state index < -0.39 is 0 Å². The van der Waals surface area contributed by atoms with Crippen LogP contribution in [-0.2, 0) is 0 Å². The molecule has 0 bridgehead atoms. The van der Waals surface area contributed by atoms with Gasteiger partial charge in [0.05, 0.1) is 6.10 Å². The second-order valence-electron chi connectivity index (χ2n) is 5.95. The first-order valence-corrected chi connectivity index (χ1v) is 8.66. The van der Waals surface area contributed by atoms with E-state index in [1.54, 1.807) is 11.9 Å². The number of benzene rings is 2. The number of nitrogens with zero attached hydrogens (tertiary/aromatic N) is 3. The zero-order valence-corrected chi connectivity index (χ0v) is 14.1. The van der Waals surface area contributed by atoms with Crippen LogP contribution < -0.4 is 0 Å². The van der Waals surface area contributed by atoms with E-state index in [4.69, 9.17) is 0 Å². The van der Waals surface area contributed by atoms with Crippen molar-refractivity contribution in [3.05, 3.63) is 54.1 Å². The lowest BCUT2D eigenvalue weighted by Gasteiger charge is -2.34. The lowest BCUT2D eigenvalue weighted by Crippen LogP contribution is -2.46. The van der Waals surface area contributed by atoms with E-state index in [1.807, 2.05) is 36.4 Å². The summed E-state index contributed by atoms with van der Waals surface area (Å²) in [4.78, 5) is 5.79. The van der Waals surface area contributed by atoms with Gasteiger partial charge < -0.3 is 5.11 Å². The molecule has 2 heterocycles. The van der Waals surface area contributed by atoms with Crippen molar-refractivity contribution in [2.24, 2.45) is 0 Å². The maximum atomic E-state index is 9.43. The Kier molecular flexibility index (Phi) is 4.10. The van der Waals surface area contributed by atoms with Gasteiger partial charge in [0.2, 0.25) is 0 Å². The summed E-state index contributed by atoms with van der Waals surface area (Å²) in [6.07, 6.45) is -0.192. The zero-order valence-electron chi connectivity index (χ0n) is 13.3. The Bertz CT molecular complexity index is 843. The Balaban J connectivity index is 1.59. The zero-order chi connectivity index (χ0) is 16.5. The van der Waals surface area contributed by atoms with E-state index in [9.17, 15) is 5.11 Å². The van der Waals surface area contributed by atoms with Crippen LogP contribution in [0, 0.1) is 6.92 Å². The minimum atomic E-state index is -0.192.